The predicted molar refractivity (Wildman–Crippen MR) is 126 cm³/mol. The number of anilines is 1. The number of amidine groups is 1. The Morgan fingerprint density at radius 2 is 1.87 bits per heavy atom. The normalized spacial score (nSPS) is 23.4. The Labute approximate surface area is 187 Å². The number of benzene rings is 2. The highest BCUT2D eigenvalue weighted by atomic mass is 32.2. The van der Waals surface area contributed by atoms with E-state index in [4.69, 9.17) is 4.74 Å². The van der Waals surface area contributed by atoms with Crippen LogP contribution in [0.3, 0.4) is 0 Å². The molecule has 6 nitrogen and oxygen atoms in total. The highest BCUT2D eigenvalue weighted by Crippen LogP contribution is 2.43. The molecule has 2 saturated heterocycles. The molecule has 0 bridgehead atoms. The van der Waals surface area contributed by atoms with Gasteiger partial charge in [0.1, 0.15) is 5.75 Å². The van der Waals surface area contributed by atoms with Crippen LogP contribution in [-0.4, -0.2) is 49.4 Å². The van der Waals surface area contributed by atoms with Gasteiger partial charge in [-0.1, -0.05) is 62.0 Å². The zero-order valence-electron chi connectivity index (χ0n) is 17.8. The number of amides is 1. The quantitative estimate of drug-likeness (QED) is 0.681. The first kappa shape index (κ1) is 21.9. The van der Waals surface area contributed by atoms with Crippen LogP contribution in [0.4, 0.5) is 5.69 Å². The molecule has 0 saturated carbocycles. The van der Waals surface area contributed by atoms with Crippen molar-refractivity contribution < 1.29 is 17.9 Å². The van der Waals surface area contributed by atoms with E-state index in [1.807, 2.05) is 47.4 Å². The minimum absolute atomic E-state index is 0.0802. The molecule has 2 atom stereocenters. The van der Waals surface area contributed by atoms with Crippen molar-refractivity contribution in [1.29, 1.82) is 0 Å². The lowest BCUT2D eigenvalue weighted by Crippen LogP contribution is -2.38. The number of sulfone groups is 1. The summed E-state index contributed by atoms with van der Waals surface area (Å²) in [7, 11) is -1.53. The van der Waals surface area contributed by atoms with Gasteiger partial charge in [0.25, 0.3) is 5.91 Å². The SMILES string of the molecule is COc1ccccc1CC(=O)N=C1S[C@@H]2CS(=O)(=O)C[C@@H]2N1c1ccccc1C(C)C. The fourth-order valence-corrected chi connectivity index (χ4v) is 8.12. The van der Waals surface area contributed by atoms with Gasteiger partial charge >= 0.3 is 0 Å². The van der Waals surface area contributed by atoms with E-state index in [0.29, 0.717) is 10.9 Å². The number of hydrogen-bond donors (Lipinski definition) is 0. The van der Waals surface area contributed by atoms with Crippen LogP contribution in [-0.2, 0) is 21.1 Å². The maximum Gasteiger partial charge on any atom is 0.252 e. The van der Waals surface area contributed by atoms with Crippen molar-refractivity contribution >= 4 is 38.4 Å². The maximum absolute atomic E-state index is 12.9. The molecule has 164 valence electrons. The van der Waals surface area contributed by atoms with Crippen molar-refractivity contribution in [3.63, 3.8) is 0 Å². The van der Waals surface area contributed by atoms with E-state index >= 15 is 0 Å². The third-order valence-electron chi connectivity index (χ3n) is 5.64. The smallest absolute Gasteiger partial charge is 0.252 e. The first-order valence-electron chi connectivity index (χ1n) is 10.3. The van der Waals surface area contributed by atoms with Crippen molar-refractivity contribution in [2.24, 2.45) is 4.99 Å². The second-order valence-electron chi connectivity index (χ2n) is 8.16. The Bertz CT molecular complexity index is 1130. The first-order chi connectivity index (χ1) is 14.8. The summed E-state index contributed by atoms with van der Waals surface area (Å²) in [5.41, 5.74) is 2.82. The molecule has 0 N–H and O–H groups in total. The van der Waals surface area contributed by atoms with E-state index in [1.165, 1.54) is 11.8 Å². The fourth-order valence-electron chi connectivity index (χ4n) is 4.20. The van der Waals surface area contributed by atoms with Gasteiger partial charge in [-0.05, 0) is 23.6 Å². The Morgan fingerprint density at radius 3 is 2.61 bits per heavy atom. The Balaban J connectivity index is 1.70. The van der Waals surface area contributed by atoms with E-state index < -0.39 is 9.84 Å². The third-order valence-corrected chi connectivity index (χ3v) is 8.85. The van der Waals surface area contributed by atoms with Crippen LogP contribution in [0.15, 0.2) is 53.5 Å². The number of thioether (sulfide) groups is 1. The number of para-hydroxylation sites is 2. The average Bonchev–Trinajstić information content (AvgIpc) is 3.18. The summed E-state index contributed by atoms with van der Waals surface area (Å²) < 4.78 is 30.0. The molecule has 2 fully saturated rings. The van der Waals surface area contributed by atoms with Crippen LogP contribution in [0.2, 0.25) is 0 Å². The topological polar surface area (TPSA) is 76.0 Å². The van der Waals surface area contributed by atoms with E-state index in [0.717, 1.165) is 16.8 Å². The number of carbonyl (C=O) groups is 1. The number of aliphatic imine (C=N–C) groups is 1. The average molecular weight is 459 g/mol. The van der Waals surface area contributed by atoms with Crippen molar-refractivity contribution in [3.05, 3.63) is 59.7 Å². The molecule has 2 aliphatic heterocycles. The largest absolute Gasteiger partial charge is 0.496 e. The third kappa shape index (κ3) is 4.50. The predicted octanol–water partition coefficient (Wildman–Crippen LogP) is 3.66. The monoisotopic (exact) mass is 458 g/mol. The Morgan fingerprint density at radius 1 is 1.16 bits per heavy atom. The summed E-state index contributed by atoms with van der Waals surface area (Å²) in [6.45, 7) is 4.21. The summed E-state index contributed by atoms with van der Waals surface area (Å²) in [6, 6.07) is 15.1. The van der Waals surface area contributed by atoms with Gasteiger partial charge in [-0.3, -0.25) is 4.79 Å². The van der Waals surface area contributed by atoms with Crippen molar-refractivity contribution in [3.8, 4) is 5.75 Å². The van der Waals surface area contributed by atoms with Gasteiger partial charge < -0.3 is 9.64 Å². The standard InChI is InChI=1S/C23H26N2O4S2/c1-15(2)17-9-5-6-10-18(17)25-19-13-31(27,28)14-21(19)30-23(25)24-22(26)12-16-8-4-7-11-20(16)29-3/h4-11,15,19,21H,12-14H2,1-3H3/t19-,21+/m0/s1. The summed E-state index contributed by atoms with van der Waals surface area (Å²) in [6.07, 6.45) is 0.126. The molecule has 0 spiro atoms. The Hall–Kier alpha value is -2.32. The highest BCUT2D eigenvalue weighted by molar-refractivity contribution is 8.16. The minimum atomic E-state index is -3.11. The van der Waals surface area contributed by atoms with Gasteiger partial charge in [0.05, 0.1) is 31.1 Å². The molecular formula is C23H26N2O4S2. The summed E-state index contributed by atoms with van der Waals surface area (Å²) in [5, 5.41) is 0.459. The lowest BCUT2D eigenvalue weighted by Gasteiger charge is -2.28. The lowest BCUT2D eigenvalue weighted by molar-refractivity contribution is -0.117. The minimum Gasteiger partial charge on any atom is -0.496 e. The van der Waals surface area contributed by atoms with Crippen LogP contribution in [0.1, 0.15) is 30.9 Å². The van der Waals surface area contributed by atoms with E-state index in [-0.39, 0.29) is 41.0 Å². The number of methoxy groups -OCH3 is 1. The molecule has 2 aromatic carbocycles. The van der Waals surface area contributed by atoms with E-state index in [9.17, 15) is 13.2 Å². The summed E-state index contributed by atoms with van der Waals surface area (Å²) in [4.78, 5) is 19.3. The molecule has 2 heterocycles. The number of rotatable bonds is 5. The van der Waals surface area contributed by atoms with Gasteiger partial charge in [-0.25, -0.2) is 8.42 Å². The molecule has 0 unspecified atom stereocenters. The molecule has 4 rings (SSSR count). The Kier molecular flexibility index (Phi) is 6.12. The molecule has 2 aliphatic rings. The molecule has 2 aromatic rings. The number of fused-ring (bicyclic) bond motifs is 1. The second kappa shape index (κ2) is 8.67. The fraction of sp³-hybridized carbons (Fsp3) is 0.391. The zero-order valence-corrected chi connectivity index (χ0v) is 19.4. The van der Waals surface area contributed by atoms with Crippen molar-refractivity contribution in [2.45, 2.75) is 37.5 Å². The summed E-state index contributed by atoms with van der Waals surface area (Å²) in [5.74, 6) is 0.824. The molecule has 0 aliphatic carbocycles. The van der Waals surface area contributed by atoms with E-state index in [2.05, 4.69) is 24.9 Å². The van der Waals surface area contributed by atoms with Gasteiger partial charge in [-0.2, -0.15) is 4.99 Å². The first-order valence-corrected chi connectivity index (χ1v) is 13.0. The van der Waals surface area contributed by atoms with Crippen LogP contribution in [0, 0.1) is 0 Å². The van der Waals surface area contributed by atoms with Gasteiger partial charge in [0.2, 0.25) is 0 Å². The molecule has 1 amide bonds. The van der Waals surface area contributed by atoms with Gasteiger partial charge in [0.15, 0.2) is 15.0 Å². The molecule has 31 heavy (non-hydrogen) atoms. The van der Waals surface area contributed by atoms with E-state index in [1.54, 1.807) is 7.11 Å². The number of ether oxygens (including phenoxy) is 1. The number of hydrogen-bond acceptors (Lipinski definition) is 5. The number of nitrogens with zero attached hydrogens (tertiary/aromatic N) is 2. The second-order valence-corrected chi connectivity index (χ2v) is 11.5. The maximum atomic E-state index is 12.9. The van der Waals surface area contributed by atoms with Gasteiger partial charge in [-0.15, -0.1) is 0 Å². The highest BCUT2D eigenvalue weighted by Gasteiger charge is 2.49. The molecule has 8 heteroatoms. The van der Waals surface area contributed by atoms with Crippen LogP contribution in [0.25, 0.3) is 0 Å². The molecular weight excluding hydrogens is 432 g/mol. The van der Waals surface area contributed by atoms with Crippen molar-refractivity contribution in [2.75, 3.05) is 23.5 Å². The molecule has 0 radical (unpaired) electrons. The van der Waals surface area contributed by atoms with Crippen molar-refractivity contribution in [1.82, 2.24) is 0 Å². The van der Waals surface area contributed by atoms with Gasteiger partial charge in [0, 0.05) is 16.5 Å². The van der Waals surface area contributed by atoms with Crippen LogP contribution >= 0.6 is 11.8 Å². The lowest BCUT2D eigenvalue weighted by atomic mass is 9.99. The number of carbonyl (C=O) groups excluding carboxylic acids is 1. The van der Waals surface area contributed by atoms with Crippen LogP contribution < -0.4 is 9.64 Å². The van der Waals surface area contributed by atoms with Crippen LogP contribution in [0.5, 0.6) is 5.75 Å². The molecule has 0 aromatic heterocycles. The summed E-state index contributed by atoms with van der Waals surface area (Å²) >= 11 is 1.40. The zero-order chi connectivity index (χ0) is 22.2.